The van der Waals surface area contributed by atoms with Crippen LogP contribution >= 0.6 is 23.2 Å². The fourth-order valence-corrected chi connectivity index (χ4v) is 3.29. The first-order valence-corrected chi connectivity index (χ1v) is 8.83. The number of amides is 1. The summed E-state index contributed by atoms with van der Waals surface area (Å²) in [5, 5.41) is 7.92. The number of carbonyl (C=O) groups excluding carboxylic acids is 1. The summed E-state index contributed by atoms with van der Waals surface area (Å²) in [5.74, 6) is 0.689. The molecule has 8 heteroatoms. The van der Waals surface area contributed by atoms with Gasteiger partial charge in [-0.15, -0.1) is 0 Å². The second kappa shape index (κ2) is 8.08. The Balaban J connectivity index is 1.60. The highest BCUT2D eigenvalue weighted by molar-refractivity contribution is 6.37. The van der Waals surface area contributed by atoms with E-state index < -0.39 is 0 Å². The molecule has 0 atom stereocenters. The van der Waals surface area contributed by atoms with E-state index in [0.717, 1.165) is 12.8 Å². The Hall–Kier alpha value is -1.76. The number of rotatable bonds is 5. The van der Waals surface area contributed by atoms with E-state index in [1.807, 2.05) is 7.05 Å². The Morgan fingerprint density at radius 3 is 2.68 bits per heavy atom. The molecule has 1 aliphatic heterocycles. The Labute approximate surface area is 156 Å². The SMILES string of the molecule is CNC1CCN(C(=O)c2cc(COc3c(Cl)cccc3Cl)on2)CC1. The highest BCUT2D eigenvalue weighted by Crippen LogP contribution is 2.33. The summed E-state index contributed by atoms with van der Waals surface area (Å²) in [5.41, 5.74) is 0.284. The molecule has 1 amide bonds. The zero-order valence-electron chi connectivity index (χ0n) is 13.8. The molecule has 0 unspecified atom stereocenters. The third-order valence-electron chi connectivity index (χ3n) is 4.25. The monoisotopic (exact) mass is 383 g/mol. The van der Waals surface area contributed by atoms with E-state index in [2.05, 4.69) is 10.5 Å². The molecule has 0 bridgehead atoms. The molecule has 1 N–H and O–H groups in total. The molecule has 3 rings (SSSR count). The molecule has 0 aliphatic carbocycles. The van der Waals surface area contributed by atoms with Gasteiger partial charge in [-0.25, -0.2) is 0 Å². The summed E-state index contributed by atoms with van der Waals surface area (Å²) in [6.45, 7) is 1.50. The van der Waals surface area contributed by atoms with Crippen molar-refractivity contribution in [3.8, 4) is 5.75 Å². The fourth-order valence-electron chi connectivity index (χ4n) is 2.78. The minimum Gasteiger partial charge on any atom is -0.482 e. The molecule has 2 aromatic rings. The molecule has 1 aromatic carbocycles. The first-order chi connectivity index (χ1) is 12.1. The third-order valence-corrected chi connectivity index (χ3v) is 4.84. The molecule has 0 spiro atoms. The quantitative estimate of drug-likeness (QED) is 0.856. The number of halogens is 2. The van der Waals surface area contributed by atoms with Gasteiger partial charge in [0.2, 0.25) is 0 Å². The Kier molecular flexibility index (Phi) is 5.83. The van der Waals surface area contributed by atoms with E-state index in [9.17, 15) is 4.79 Å². The van der Waals surface area contributed by atoms with Gasteiger partial charge in [-0.3, -0.25) is 4.79 Å². The van der Waals surface area contributed by atoms with Crippen molar-refractivity contribution in [1.29, 1.82) is 0 Å². The molecule has 25 heavy (non-hydrogen) atoms. The number of benzene rings is 1. The largest absolute Gasteiger partial charge is 0.482 e. The molecule has 1 saturated heterocycles. The van der Waals surface area contributed by atoms with Gasteiger partial charge in [0.1, 0.15) is 6.61 Å². The van der Waals surface area contributed by atoms with Crippen LogP contribution in [0.2, 0.25) is 10.0 Å². The Morgan fingerprint density at radius 1 is 1.36 bits per heavy atom. The van der Waals surface area contributed by atoms with Crippen LogP contribution in [0, 0.1) is 0 Å². The Morgan fingerprint density at radius 2 is 2.04 bits per heavy atom. The molecule has 1 fully saturated rings. The molecule has 0 saturated carbocycles. The van der Waals surface area contributed by atoms with Crippen LogP contribution in [0.4, 0.5) is 0 Å². The topological polar surface area (TPSA) is 67.6 Å². The number of nitrogens with zero attached hydrogens (tertiary/aromatic N) is 2. The van der Waals surface area contributed by atoms with Crippen LogP contribution < -0.4 is 10.1 Å². The number of carbonyl (C=O) groups is 1. The van der Waals surface area contributed by atoms with E-state index >= 15 is 0 Å². The minimum absolute atomic E-state index is 0.0889. The highest BCUT2D eigenvalue weighted by atomic mass is 35.5. The lowest BCUT2D eigenvalue weighted by Crippen LogP contribution is -2.44. The predicted octanol–water partition coefficient (Wildman–Crippen LogP) is 3.38. The van der Waals surface area contributed by atoms with Gasteiger partial charge in [-0.2, -0.15) is 0 Å². The number of hydrogen-bond donors (Lipinski definition) is 1. The van der Waals surface area contributed by atoms with Crippen LogP contribution in [0.15, 0.2) is 28.8 Å². The first-order valence-electron chi connectivity index (χ1n) is 8.07. The van der Waals surface area contributed by atoms with Gasteiger partial charge in [0.15, 0.2) is 17.2 Å². The summed E-state index contributed by atoms with van der Waals surface area (Å²) in [4.78, 5) is 14.3. The van der Waals surface area contributed by atoms with Crippen LogP contribution in [0.5, 0.6) is 5.75 Å². The molecule has 1 aromatic heterocycles. The van der Waals surface area contributed by atoms with Gasteiger partial charge in [0.25, 0.3) is 5.91 Å². The summed E-state index contributed by atoms with van der Waals surface area (Å²) in [7, 11) is 1.94. The maximum atomic E-state index is 12.5. The van der Waals surface area contributed by atoms with Crippen molar-refractivity contribution in [1.82, 2.24) is 15.4 Å². The van der Waals surface area contributed by atoms with E-state index in [4.69, 9.17) is 32.5 Å². The zero-order valence-corrected chi connectivity index (χ0v) is 15.3. The second-order valence-corrected chi connectivity index (χ2v) is 6.69. The number of para-hydroxylation sites is 1. The van der Waals surface area contributed by atoms with Gasteiger partial charge < -0.3 is 19.5 Å². The van der Waals surface area contributed by atoms with Crippen LogP contribution in [-0.2, 0) is 6.61 Å². The number of aromatic nitrogens is 1. The van der Waals surface area contributed by atoms with Crippen LogP contribution in [0.1, 0.15) is 29.1 Å². The van der Waals surface area contributed by atoms with Crippen molar-refractivity contribution in [2.24, 2.45) is 0 Å². The zero-order chi connectivity index (χ0) is 17.8. The molecule has 2 heterocycles. The van der Waals surface area contributed by atoms with Crippen LogP contribution in [0.3, 0.4) is 0 Å². The molecule has 0 radical (unpaired) electrons. The molecular weight excluding hydrogens is 365 g/mol. The van der Waals surface area contributed by atoms with E-state index in [-0.39, 0.29) is 18.2 Å². The minimum atomic E-state index is -0.125. The average Bonchev–Trinajstić information content (AvgIpc) is 3.10. The van der Waals surface area contributed by atoms with Crippen molar-refractivity contribution in [2.45, 2.75) is 25.5 Å². The number of likely N-dealkylation sites (tertiary alicyclic amines) is 1. The molecule has 1 aliphatic rings. The maximum absolute atomic E-state index is 12.5. The van der Waals surface area contributed by atoms with Crippen molar-refractivity contribution in [2.75, 3.05) is 20.1 Å². The normalized spacial score (nSPS) is 15.4. The summed E-state index contributed by atoms with van der Waals surface area (Å²) in [6.07, 6.45) is 1.86. The van der Waals surface area contributed by atoms with Crippen molar-refractivity contribution in [3.05, 3.63) is 45.8 Å². The molecule has 134 valence electrons. The van der Waals surface area contributed by atoms with E-state index in [0.29, 0.717) is 40.7 Å². The summed E-state index contributed by atoms with van der Waals surface area (Å²) < 4.78 is 10.8. The lowest BCUT2D eigenvalue weighted by Gasteiger charge is -2.31. The number of nitrogens with one attached hydrogen (secondary N) is 1. The van der Waals surface area contributed by atoms with E-state index in [1.165, 1.54) is 0 Å². The molecular formula is C17H19Cl2N3O3. The number of ether oxygens (including phenoxy) is 1. The van der Waals surface area contributed by atoms with Crippen LogP contribution in [-0.4, -0.2) is 42.1 Å². The van der Waals surface area contributed by atoms with Crippen molar-refractivity contribution >= 4 is 29.1 Å². The molecule has 6 nitrogen and oxygen atoms in total. The van der Waals surface area contributed by atoms with Crippen molar-refractivity contribution in [3.63, 3.8) is 0 Å². The number of piperidine rings is 1. The fraction of sp³-hybridized carbons (Fsp3) is 0.412. The lowest BCUT2D eigenvalue weighted by molar-refractivity contribution is 0.0696. The first kappa shape index (κ1) is 18.0. The highest BCUT2D eigenvalue weighted by Gasteiger charge is 2.25. The standard InChI is InChI=1S/C17H19Cl2N3O3/c1-20-11-5-7-22(8-6-11)17(23)15-9-12(25-21-15)10-24-16-13(18)3-2-4-14(16)19/h2-4,9,11,20H,5-8,10H2,1H3. The third kappa shape index (κ3) is 4.26. The summed E-state index contributed by atoms with van der Waals surface area (Å²) >= 11 is 12.1. The maximum Gasteiger partial charge on any atom is 0.276 e. The van der Waals surface area contributed by atoms with E-state index in [1.54, 1.807) is 29.2 Å². The van der Waals surface area contributed by atoms with Gasteiger partial charge in [0.05, 0.1) is 10.0 Å². The smallest absolute Gasteiger partial charge is 0.276 e. The van der Waals surface area contributed by atoms with Gasteiger partial charge in [0, 0.05) is 25.2 Å². The lowest BCUT2D eigenvalue weighted by atomic mass is 10.1. The average molecular weight is 384 g/mol. The van der Waals surface area contributed by atoms with Crippen LogP contribution in [0.25, 0.3) is 0 Å². The summed E-state index contributed by atoms with van der Waals surface area (Å²) in [6, 6.07) is 7.17. The second-order valence-electron chi connectivity index (χ2n) is 5.87. The number of hydrogen-bond acceptors (Lipinski definition) is 5. The van der Waals surface area contributed by atoms with Gasteiger partial charge in [-0.1, -0.05) is 34.4 Å². The predicted molar refractivity (Wildman–Crippen MR) is 95.3 cm³/mol. The Bertz CT molecular complexity index is 722. The van der Waals surface area contributed by atoms with Gasteiger partial charge >= 0.3 is 0 Å². The van der Waals surface area contributed by atoms with Crippen molar-refractivity contribution < 1.29 is 14.1 Å². The van der Waals surface area contributed by atoms with Gasteiger partial charge in [-0.05, 0) is 32.0 Å².